The number of para-hydroxylation sites is 1. The van der Waals surface area contributed by atoms with Gasteiger partial charge in [0.25, 0.3) is 11.5 Å². The molecule has 5 rings (SSSR count). The third-order valence-electron chi connectivity index (χ3n) is 6.01. The van der Waals surface area contributed by atoms with Crippen LogP contribution in [0.5, 0.6) is 5.75 Å². The van der Waals surface area contributed by atoms with Gasteiger partial charge >= 0.3 is 0 Å². The minimum absolute atomic E-state index is 0.123. The molecule has 1 amide bonds. The van der Waals surface area contributed by atoms with E-state index >= 15 is 0 Å². The van der Waals surface area contributed by atoms with Gasteiger partial charge in [0.2, 0.25) is 11.2 Å². The number of hydrogen-bond acceptors (Lipinski definition) is 5. The van der Waals surface area contributed by atoms with E-state index in [0.717, 1.165) is 0 Å². The largest absolute Gasteiger partial charge is 0.476 e. The van der Waals surface area contributed by atoms with Gasteiger partial charge in [-0.05, 0) is 37.3 Å². The lowest BCUT2D eigenvalue weighted by atomic mass is 10.1. The van der Waals surface area contributed by atoms with Crippen molar-refractivity contribution in [1.82, 2.24) is 9.36 Å². The van der Waals surface area contributed by atoms with E-state index in [0.29, 0.717) is 27.6 Å². The van der Waals surface area contributed by atoms with Crippen LogP contribution in [-0.4, -0.2) is 21.9 Å². The summed E-state index contributed by atoms with van der Waals surface area (Å²) < 4.78 is 14.8. The minimum atomic E-state index is -0.601. The van der Waals surface area contributed by atoms with Crippen molar-refractivity contribution in [2.24, 2.45) is 7.05 Å². The highest BCUT2D eigenvalue weighted by atomic mass is 35.5. The maximum absolute atomic E-state index is 13.3. The molecule has 0 fully saturated rings. The van der Waals surface area contributed by atoms with E-state index in [-0.39, 0.29) is 28.1 Å². The number of rotatable bonds is 6. The molecular formula is C28H22ClN3O5. The van der Waals surface area contributed by atoms with Gasteiger partial charge in [0.1, 0.15) is 11.3 Å². The first-order valence-electron chi connectivity index (χ1n) is 11.4. The van der Waals surface area contributed by atoms with Crippen LogP contribution in [-0.2, 0) is 11.8 Å². The number of amides is 1. The highest BCUT2D eigenvalue weighted by molar-refractivity contribution is 6.31. The average molecular weight is 516 g/mol. The first-order valence-corrected chi connectivity index (χ1v) is 11.8. The number of benzene rings is 3. The molecule has 2 aromatic heterocycles. The van der Waals surface area contributed by atoms with Crippen LogP contribution >= 0.6 is 11.6 Å². The summed E-state index contributed by atoms with van der Waals surface area (Å²) in [4.78, 5) is 39.3. The summed E-state index contributed by atoms with van der Waals surface area (Å²) in [6, 6.07) is 22.8. The lowest BCUT2D eigenvalue weighted by Gasteiger charge is -2.12. The van der Waals surface area contributed by atoms with Crippen LogP contribution in [0.2, 0.25) is 5.02 Å². The molecule has 37 heavy (non-hydrogen) atoms. The Morgan fingerprint density at radius 3 is 2.38 bits per heavy atom. The predicted octanol–water partition coefficient (Wildman–Crippen LogP) is 4.93. The molecule has 0 aliphatic heterocycles. The van der Waals surface area contributed by atoms with E-state index in [4.69, 9.17) is 20.8 Å². The third-order valence-corrected chi connectivity index (χ3v) is 6.25. The molecule has 8 nitrogen and oxygen atoms in total. The Morgan fingerprint density at radius 2 is 1.68 bits per heavy atom. The summed E-state index contributed by atoms with van der Waals surface area (Å²) in [7, 11) is 1.73. The van der Waals surface area contributed by atoms with Gasteiger partial charge in [-0.2, -0.15) is 0 Å². The molecule has 9 heteroatoms. The number of hydrogen-bond donors (Lipinski definition) is 1. The maximum Gasteiger partial charge on any atom is 0.295 e. The minimum Gasteiger partial charge on any atom is -0.476 e. The van der Waals surface area contributed by atoms with Gasteiger partial charge in [-0.1, -0.05) is 60.1 Å². The molecular weight excluding hydrogens is 494 g/mol. The molecule has 0 radical (unpaired) electrons. The normalized spacial score (nSPS) is 11.0. The lowest BCUT2D eigenvalue weighted by molar-refractivity contribution is -0.118. The highest BCUT2D eigenvalue weighted by Crippen LogP contribution is 2.31. The number of nitrogens with zero attached hydrogens (tertiary/aromatic N) is 2. The van der Waals surface area contributed by atoms with E-state index in [9.17, 15) is 14.4 Å². The number of nitrogens with one attached hydrogen (secondary N) is 1. The zero-order chi connectivity index (χ0) is 26.1. The quantitative estimate of drug-likeness (QED) is 0.346. The average Bonchev–Trinajstić information content (AvgIpc) is 3.12. The number of fused-ring (bicyclic) bond motifs is 1. The van der Waals surface area contributed by atoms with Crippen molar-refractivity contribution in [2.45, 2.75) is 6.92 Å². The number of anilines is 1. The standard InChI is InChI=1S/C28H22ClN3O5/c1-17-24(28(35)32(31(17)2)20-11-7-4-8-12-20)30-23(33)16-36-27-25(34)21-15-19(29)13-14-22(21)37-26(27)18-9-5-3-6-10-18/h3-15H,16H2,1-2H3,(H,30,33). The highest BCUT2D eigenvalue weighted by Gasteiger charge is 2.21. The number of ether oxygens (including phenoxy) is 1. The Morgan fingerprint density at radius 1 is 1.00 bits per heavy atom. The third kappa shape index (κ3) is 4.54. The molecule has 5 aromatic rings. The van der Waals surface area contributed by atoms with Gasteiger partial charge in [0.15, 0.2) is 12.4 Å². The molecule has 0 bridgehead atoms. The smallest absolute Gasteiger partial charge is 0.295 e. The van der Waals surface area contributed by atoms with Gasteiger partial charge < -0.3 is 14.5 Å². The fourth-order valence-corrected chi connectivity index (χ4v) is 4.26. The lowest BCUT2D eigenvalue weighted by Crippen LogP contribution is -2.26. The summed E-state index contributed by atoms with van der Waals surface area (Å²) >= 11 is 6.09. The SMILES string of the molecule is Cc1c(NC(=O)COc2c(-c3ccccc3)oc3ccc(Cl)cc3c2=O)c(=O)n(-c2ccccc2)n1C. The fraction of sp³-hybridized carbons (Fsp3) is 0.107. The van der Waals surface area contributed by atoms with E-state index in [1.807, 2.05) is 24.3 Å². The van der Waals surface area contributed by atoms with Crippen LogP contribution in [0.3, 0.4) is 0 Å². The van der Waals surface area contributed by atoms with Crippen molar-refractivity contribution >= 4 is 34.2 Å². The first-order chi connectivity index (χ1) is 17.8. The summed E-state index contributed by atoms with van der Waals surface area (Å²) in [5, 5.41) is 3.23. The van der Waals surface area contributed by atoms with E-state index < -0.39 is 17.9 Å². The summed E-state index contributed by atoms with van der Waals surface area (Å²) in [5.41, 5.74) is 1.45. The fourth-order valence-electron chi connectivity index (χ4n) is 4.09. The van der Waals surface area contributed by atoms with Crippen LogP contribution < -0.4 is 21.0 Å². The zero-order valence-electron chi connectivity index (χ0n) is 20.0. The summed E-state index contributed by atoms with van der Waals surface area (Å²) in [6.45, 7) is 1.21. The Labute approximate surface area is 216 Å². The van der Waals surface area contributed by atoms with Crippen LogP contribution in [0, 0.1) is 6.92 Å². The van der Waals surface area contributed by atoms with Crippen molar-refractivity contribution in [1.29, 1.82) is 0 Å². The second-order valence-corrected chi connectivity index (χ2v) is 8.81. The second-order valence-electron chi connectivity index (χ2n) is 8.37. The molecule has 186 valence electrons. The number of halogens is 1. The topological polar surface area (TPSA) is 95.5 Å². The maximum atomic E-state index is 13.3. The Bertz CT molecular complexity index is 1740. The van der Waals surface area contributed by atoms with Crippen LogP contribution in [0.1, 0.15) is 5.69 Å². The van der Waals surface area contributed by atoms with Gasteiger partial charge in [0.05, 0.1) is 16.8 Å². The molecule has 0 spiro atoms. The Kier molecular flexibility index (Phi) is 6.42. The van der Waals surface area contributed by atoms with Crippen molar-refractivity contribution in [2.75, 3.05) is 11.9 Å². The first kappa shape index (κ1) is 24.1. The van der Waals surface area contributed by atoms with Gasteiger partial charge in [-0.25, -0.2) is 4.68 Å². The van der Waals surface area contributed by atoms with E-state index in [1.54, 1.807) is 67.2 Å². The number of carbonyl (C=O) groups excluding carboxylic acids is 1. The summed E-state index contributed by atoms with van der Waals surface area (Å²) in [6.07, 6.45) is 0. The number of carbonyl (C=O) groups is 1. The molecule has 0 aliphatic carbocycles. The Balaban J connectivity index is 1.46. The van der Waals surface area contributed by atoms with Crippen LogP contribution in [0.25, 0.3) is 28.0 Å². The van der Waals surface area contributed by atoms with Crippen molar-refractivity contribution in [3.05, 3.63) is 110 Å². The molecule has 0 unspecified atom stereocenters. The molecule has 0 atom stereocenters. The van der Waals surface area contributed by atoms with E-state index in [2.05, 4.69) is 5.32 Å². The molecule has 0 aliphatic rings. The van der Waals surface area contributed by atoms with Crippen molar-refractivity contribution in [3.8, 4) is 22.8 Å². The molecule has 1 N–H and O–H groups in total. The van der Waals surface area contributed by atoms with E-state index in [1.165, 1.54) is 10.7 Å². The monoisotopic (exact) mass is 515 g/mol. The molecule has 0 saturated carbocycles. The molecule has 0 saturated heterocycles. The molecule has 3 aromatic carbocycles. The van der Waals surface area contributed by atoms with Gasteiger partial charge in [0, 0.05) is 17.6 Å². The zero-order valence-corrected chi connectivity index (χ0v) is 20.8. The molecule has 2 heterocycles. The van der Waals surface area contributed by atoms with Gasteiger partial charge in [-0.3, -0.25) is 19.1 Å². The Hall–Kier alpha value is -4.56. The number of aromatic nitrogens is 2. The second kappa shape index (κ2) is 9.83. The van der Waals surface area contributed by atoms with Crippen molar-refractivity contribution in [3.63, 3.8) is 0 Å². The van der Waals surface area contributed by atoms with Crippen LogP contribution in [0.15, 0.2) is 92.9 Å². The predicted molar refractivity (Wildman–Crippen MR) is 143 cm³/mol. The summed E-state index contributed by atoms with van der Waals surface area (Å²) in [5.74, 6) is -0.534. The van der Waals surface area contributed by atoms with Crippen LogP contribution in [0.4, 0.5) is 5.69 Å². The van der Waals surface area contributed by atoms with Crippen molar-refractivity contribution < 1.29 is 13.9 Å². The van der Waals surface area contributed by atoms with Gasteiger partial charge in [-0.15, -0.1) is 0 Å².